The van der Waals surface area contributed by atoms with Gasteiger partial charge in [-0.2, -0.15) is 5.10 Å². The van der Waals surface area contributed by atoms with Crippen LogP contribution >= 0.6 is 22.6 Å². The van der Waals surface area contributed by atoms with Gasteiger partial charge in [-0.3, -0.25) is 19.2 Å². The fourth-order valence-corrected chi connectivity index (χ4v) is 5.29. The lowest BCUT2D eigenvalue weighted by atomic mass is 9.86. The minimum absolute atomic E-state index is 0.0667. The van der Waals surface area contributed by atoms with Gasteiger partial charge in [0.15, 0.2) is 5.69 Å². The third kappa shape index (κ3) is 4.71. The number of hydrogen-bond acceptors (Lipinski definition) is 5. The molecule has 1 aliphatic heterocycles. The first-order valence-electron chi connectivity index (χ1n) is 11.8. The number of ether oxygens (including phenoxy) is 1. The van der Waals surface area contributed by atoms with Crippen molar-refractivity contribution in [2.75, 3.05) is 11.5 Å². The summed E-state index contributed by atoms with van der Waals surface area (Å²) in [4.78, 5) is 41.4. The highest BCUT2D eigenvalue weighted by Crippen LogP contribution is 2.34. The highest BCUT2D eigenvalue weighted by Gasteiger charge is 2.49. The highest BCUT2D eigenvalue weighted by atomic mass is 127. The standard InChI is InChI=1S/C25H31IN4O4/c1-4-34-23(32)20-13-21-22(31)30(19-7-5-6-17(12-19)14-26)25(3,15-29(21)28-20)24(33)27-18-10-8-16(2)9-11-18/h5-7,12-13,16,18H,4,8-11,14-15H2,1-3H3,(H,27,33). The summed E-state index contributed by atoms with van der Waals surface area (Å²) >= 11 is 2.28. The number of nitrogens with zero attached hydrogens (tertiary/aromatic N) is 3. The number of rotatable bonds is 6. The Morgan fingerprint density at radius 2 is 1.97 bits per heavy atom. The van der Waals surface area contributed by atoms with Crippen LogP contribution in [-0.4, -0.2) is 45.8 Å². The monoisotopic (exact) mass is 578 g/mol. The van der Waals surface area contributed by atoms with Gasteiger partial charge in [0.05, 0.1) is 13.2 Å². The Morgan fingerprint density at radius 1 is 1.24 bits per heavy atom. The summed E-state index contributed by atoms with van der Waals surface area (Å²) < 4.78 is 7.32. The van der Waals surface area contributed by atoms with Crippen molar-refractivity contribution in [2.45, 2.75) is 69.0 Å². The molecule has 2 aromatic rings. The lowest BCUT2D eigenvalue weighted by Gasteiger charge is -2.44. The Hall–Kier alpha value is -2.43. The summed E-state index contributed by atoms with van der Waals surface area (Å²) in [6, 6.07) is 9.22. The number of hydrogen-bond donors (Lipinski definition) is 1. The van der Waals surface area contributed by atoms with E-state index in [9.17, 15) is 14.4 Å². The molecule has 2 aliphatic rings. The van der Waals surface area contributed by atoms with Crippen LogP contribution in [0.3, 0.4) is 0 Å². The van der Waals surface area contributed by atoms with Crippen LogP contribution in [0.2, 0.25) is 0 Å². The smallest absolute Gasteiger partial charge is 0.358 e. The van der Waals surface area contributed by atoms with Crippen molar-refractivity contribution in [3.8, 4) is 0 Å². The molecule has 4 rings (SSSR count). The second-order valence-electron chi connectivity index (χ2n) is 9.44. The molecule has 8 nitrogen and oxygen atoms in total. The van der Waals surface area contributed by atoms with Crippen LogP contribution in [0, 0.1) is 5.92 Å². The second-order valence-corrected chi connectivity index (χ2v) is 10.2. The number of halogens is 1. The maximum absolute atomic E-state index is 13.8. The highest BCUT2D eigenvalue weighted by molar-refractivity contribution is 14.1. The first-order chi connectivity index (χ1) is 16.3. The van der Waals surface area contributed by atoms with Gasteiger partial charge in [-0.05, 0) is 63.1 Å². The van der Waals surface area contributed by atoms with E-state index >= 15 is 0 Å². The molecular weight excluding hydrogens is 547 g/mol. The van der Waals surface area contributed by atoms with Crippen molar-refractivity contribution in [3.05, 3.63) is 47.3 Å². The predicted molar refractivity (Wildman–Crippen MR) is 137 cm³/mol. The zero-order valence-corrected chi connectivity index (χ0v) is 22.0. The van der Waals surface area contributed by atoms with Crippen molar-refractivity contribution in [2.24, 2.45) is 5.92 Å². The first kappa shape index (κ1) is 24.7. The van der Waals surface area contributed by atoms with E-state index in [-0.39, 0.29) is 42.4 Å². The Labute approximate surface area is 213 Å². The average molecular weight is 578 g/mol. The molecule has 1 atom stereocenters. The molecule has 1 aromatic carbocycles. The van der Waals surface area contributed by atoms with E-state index in [2.05, 4.69) is 39.9 Å². The summed E-state index contributed by atoms with van der Waals surface area (Å²) in [5.41, 5.74) is 0.826. The number of nitrogens with one attached hydrogen (secondary N) is 1. The Kier molecular flexibility index (Phi) is 7.30. The first-order valence-corrected chi connectivity index (χ1v) is 13.3. The molecule has 2 heterocycles. The van der Waals surface area contributed by atoms with Crippen molar-refractivity contribution in [1.29, 1.82) is 0 Å². The number of anilines is 1. The van der Waals surface area contributed by atoms with Crippen molar-refractivity contribution in [3.63, 3.8) is 0 Å². The third-order valence-corrected chi connectivity index (χ3v) is 7.68. The number of fused-ring (bicyclic) bond motifs is 1. The van der Waals surface area contributed by atoms with Gasteiger partial charge < -0.3 is 10.1 Å². The van der Waals surface area contributed by atoms with Crippen molar-refractivity contribution < 1.29 is 19.1 Å². The van der Waals surface area contributed by atoms with Crippen LogP contribution < -0.4 is 10.2 Å². The predicted octanol–water partition coefficient (Wildman–Crippen LogP) is 4.11. The quantitative estimate of drug-likeness (QED) is 0.317. The fraction of sp³-hybridized carbons (Fsp3) is 0.520. The second kappa shape index (κ2) is 10.1. The van der Waals surface area contributed by atoms with Crippen LogP contribution in [0.4, 0.5) is 5.69 Å². The van der Waals surface area contributed by atoms with E-state index in [0.29, 0.717) is 11.6 Å². The molecule has 1 N–H and O–H groups in total. The van der Waals surface area contributed by atoms with Crippen LogP contribution in [0.15, 0.2) is 30.3 Å². The summed E-state index contributed by atoms with van der Waals surface area (Å²) in [7, 11) is 0. The number of alkyl halides is 1. The lowest BCUT2D eigenvalue weighted by molar-refractivity contribution is -0.127. The molecule has 2 amide bonds. The topological polar surface area (TPSA) is 93.5 Å². The van der Waals surface area contributed by atoms with Gasteiger partial charge in [-0.1, -0.05) is 41.6 Å². The van der Waals surface area contributed by atoms with E-state index in [1.54, 1.807) is 18.7 Å². The van der Waals surface area contributed by atoms with Gasteiger partial charge in [0.1, 0.15) is 11.2 Å². The SMILES string of the molecule is CCOC(=O)c1cc2n(n1)CC(C)(C(=O)NC1CCC(C)CC1)N(c1cccc(CI)c1)C2=O. The van der Waals surface area contributed by atoms with Gasteiger partial charge in [-0.25, -0.2) is 4.79 Å². The van der Waals surface area contributed by atoms with Crippen LogP contribution in [0.1, 0.15) is 73.0 Å². The van der Waals surface area contributed by atoms with E-state index in [4.69, 9.17) is 4.74 Å². The largest absolute Gasteiger partial charge is 0.461 e. The molecule has 0 saturated heterocycles. The number of amides is 2. The van der Waals surface area contributed by atoms with E-state index in [0.717, 1.165) is 35.7 Å². The molecule has 0 spiro atoms. The summed E-state index contributed by atoms with van der Waals surface area (Å²) in [6.45, 7) is 6.08. The van der Waals surface area contributed by atoms with Gasteiger partial charge >= 0.3 is 5.97 Å². The van der Waals surface area contributed by atoms with Crippen LogP contribution in [0.5, 0.6) is 0 Å². The molecule has 0 bridgehead atoms. The third-order valence-electron chi connectivity index (χ3n) is 6.80. The number of aromatic nitrogens is 2. The Morgan fingerprint density at radius 3 is 2.65 bits per heavy atom. The molecule has 0 radical (unpaired) electrons. The molecule has 1 saturated carbocycles. The summed E-state index contributed by atoms with van der Waals surface area (Å²) in [5, 5.41) is 7.54. The maximum Gasteiger partial charge on any atom is 0.358 e. The lowest BCUT2D eigenvalue weighted by Crippen LogP contribution is -2.65. The molecule has 34 heavy (non-hydrogen) atoms. The molecule has 1 aliphatic carbocycles. The molecule has 182 valence electrons. The minimum Gasteiger partial charge on any atom is -0.461 e. The molecule has 9 heteroatoms. The zero-order chi connectivity index (χ0) is 24.5. The van der Waals surface area contributed by atoms with Crippen LogP contribution in [-0.2, 0) is 20.5 Å². The number of esters is 1. The van der Waals surface area contributed by atoms with Crippen molar-refractivity contribution >= 4 is 46.1 Å². The average Bonchev–Trinajstić information content (AvgIpc) is 3.25. The van der Waals surface area contributed by atoms with E-state index in [1.165, 1.54) is 10.7 Å². The summed E-state index contributed by atoms with van der Waals surface area (Å²) in [6.07, 6.45) is 4.02. The Bertz CT molecular complexity index is 1090. The molecule has 1 fully saturated rings. The van der Waals surface area contributed by atoms with Gasteiger partial charge in [0.2, 0.25) is 5.91 Å². The summed E-state index contributed by atoms with van der Waals surface area (Å²) in [5.74, 6) is -0.493. The number of benzene rings is 1. The minimum atomic E-state index is -1.21. The van der Waals surface area contributed by atoms with Gasteiger partial charge in [-0.15, -0.1) is 0 Å². The molecule has 1 unspecified atom stereocenters. The normalized spacial score (nSPS) is 24.5. The maximum atomic E-state index is 13.8. The van der Waals surface area contributed by atoms with Crippen LogP contribution in [0.25, 0.3) is 0 Å². The van der Waals surface area contributed by atoms with Gasteiger partial charge in [0, 0.05) is 22.2 Å². The fourth-order valence-electron chi connectivity index (χ4n) is 4.81. The Balaban J connectivity index is 1.73. The van der Waals surface area contributed by atoms with Gasteiger partial charge in [0.25, 0.3) is 5.91 Å². The van der Waals surface area contributed by atoms with E-state index in [1.807, 2.05) is 24.3 Å². The zero-order valence-electron chi connectivity index (χ0n) is 19.8. The van der Waals surface area contributed by atoms with Crippen molar-refractivity contribution in [1.82, 2.24) is 15.1 Å². The molecule has 1 aromatic heterocycles. The van der Waals surface area contributed by atoms with E-state index < -0.39 is 11.5 Å². The molecular formula is C25H31IN4O4. The number of carbonyl (C=O) groups excluding carboxylic acids is 3. The number of carbonyl (C=O) groups is 3.